The van der Waals surface area contributed by atoms with Crippen LogP contribution in [0.4, 0.5) is 13.2 Å². The number of carboxylic acids is 1. The number of halogens is 3. The first kappa shape index (κ1) is 10.2. The quantitative estimate of drug-likeness (QED) is 0.553. The summed E-state index contributed by atoms with van der Waals surface area (Å²) in [5.74, 6) is -3.61. The second kappa shape index (κ2) is 3.13. The number of ketones is 1. The molecule has 0 saturated heterocycles. The highest BCUT2D eigenvalue weighted by atomic mass is 19.4. The summed E-state index contributed by atoms with van der Waals surface area (Å²) in [6.45, 7) is 0. The zero-order valence-electron chi connectivity index (χ0n) is 6.42. The Hall–Kier alpha value is -1.86. The van der Waals surface area contributed by atoms with Crippen molar-refractivity contribution in [3.8, 4) is 0 Å². The topological polar surface area (TPSA) is 83.0 Å². The Morgan fingerprint density at radius 2 is 2.00 bits per heavy atom. The first-order chi connectivity index (χ1) is 6.34. The minimum absolute atomic E-state index is 0.527. The van der Waals surface area contributed by atoms with Crippen LogP contribution in [0.2, 0.25) is 0 Å². The molecule has 0 aliphatic rings. The number of alkyl halides is 3. The molecule has 0 bridgehead atoms. The van der Waals surface area contributed by atoms with Crippen molar-refractivity contribution in [1.29, 1.82) is 0 Å². The van der Waals surface area contributed by atoms with Crippen molar-refractivity contribution in [1.82, 2.24) is 10.2 Å². The van der Waals surface area contributed by atoms with E-state index in [1.165, 1.54) is 5.10 Å². The number of aliphatic carboxylic acids is 1. The standard InChI is InChI=1S/C6H3F3N2O3/c7-6(8,9)4-2(1-10-11-4)3(12)5(13)14/h1H,(H,10,11)(H,13,14). The molecule has 0 unspecified atom stereocenters. The van der Waals surface area contributed by atoms with Gasteiger partial charge in [0.15, 0.2) is 5.69 Å². The molecular formula is C6H3F3N2O3. The highest BCUT2D eigenvalue weighted by molar-refractivity contribution is 6.40. The van der Waals surface area contributed by atoms with E-state index in [0.29, 0.717) is 6.20 Å². The fourth-order valence-electron chi connectivity index (χ4n) is 0.790. The molecule has 14 heavy (non-hydrogen) atoms. The lowest BCUT2D eigenvalue weighted by Crippen LogP contribution is -2.18. The summed E-state index contributed by atoms with van der Waals surface area (Å²) in [6.07, 6.45) is -4.30. The minimum Gasteiger partial charge on any atom is -0.475 e. The molecule has 1 aromatic heterocycles. The number of hydrogen-bond acceptors (Lipinski definition) is 3. The second-order valence-electron chi connectivity index (χ2n) is 2.29. The van der Waals surface area contributed by atoms with E-state index in [9.17, 15) is 22.8 Å². The average molecular weight is 208 g/mol. The molecule has 1 heterocycles. The molecule has 1 aromatic rings. The van der Waals surface area contributed by atoms with E-state index in [0.717, 1.165) is 0 Å². The molecule has 0 atom stereocenters. The molecule has 0 amide bonds. The fourth-order valence-corrected chi connectivity index (χ4v) is 0.790. The van der Waals surface area contributed by atoms with Crippen LogP contribution in [0, 0.1) is 0 Å². The molecule has 0 radical (unpaired) electrons. The smallest absolute Gasteiger partial charge is 0.433 e. The van der Waals surface area contributed by atoms with Crippen LogP contribution in [0.3, 0.4) is 0 Å². The monoisotopic (exact) mass is 208 g/mol. The van der Waals surface area contributed by atoms with E-state index in [1.807, 2.05) is 0 Å². The Morgan fingerprint density at radius 3 is 2.43 bits per heavy atom. The maximum Gasteiger partial charge on any atom is 0.433 e. The summed E-state index contributed by atoms with van der Waals surface area (Å²) in [6, 6.07) is 0. The van der Waals surface area contributed by atoms with Crippen molar-refractivity contribution in [2.75, 3.05) is 0 Å². The molecule has 5 nitrogen and oxygen atoms in total. The Bertz CT molecular complexity index is 382. The maximum absolute atomic E-state index is 12.1. The van der Waals surface area contributed by atoms with Crippen molar-refractivity contribution in [3.05, 3.63) is 17.5 Å². The van der Waals surface area contributed by atoms with Gasteiger partial charge in [0, 0.05) is 0 Å². The van der Waals surface area contributed by atoms with Gasteiger partial charge in [0.25, 0.3) is 5.78 Å². The molecule has 76 valence electrons. The molecule has 0 fully saturated rings. The van der Waals surface area contributed by atoms with Crippen molar-refractivity contribution in [2.45, 2.75) is 6.18 Å². The predicted octanol–water partition coefficient (Wildman–Crippen LogP) is 0.696. The van der Waals surface area contributed by atoms with Gasteiger partial charge in [-0.3, -0.25) is 9.89 Å². The summed E-state index contributed by atoms with van der Waals surface area (Å²) >= 11 is 0. The lowest BCUT2D eigenvalue weighted by molar-refractivity contribution is -0.141. The lowest BCUT2D eigenvalue weighted by Gasteiger charge is -2.03. The van der Waals surface area contributed by atoms with Crippen molar-refractivity contribution in [3.63, 3.8) is 0 Å². The minimum atomic E-state index is -4.82. The van der Waals surface area contributed by atoms with E-state index in [1.54, 1.807) is 0 Å². The number of nitrogens with zero attached hydrogens (tertiary/aromatic N) is 1. The number of aromatic amines is 1. The van der Waals surface area contributed by atoms with Crippen LogP contribution in [0.15, 0.2) is 6.20 Å². The Labute approximate surface area is 74.5 Å². The number of carbonyl (C=O) groups excluding carboxylic acids is 1. The summed E-state index contributed by atoms with van der Waals surface area (Å²) < 4.78 is 36.3. The van der Waals surface area contributed by atoms with E-state index >= 15 is 0 Å². The highest BCUT2D eigenvalue weighted by Crippen LogP contribution is 2.30. The number of carbonyl (C=O) groups is 2. The van der Waals surface area contributed by atoms with Gasteiger partial charge < -0.3 is 5.11 Å². The maximum atomic E-state index is 12.1. The van der Waals surface area contributed by atoms with Crippen LogP contribution in [-0.4, -0.2) is 27.1 Å². The van der Waals surface area contributed by atoms with Crippen LogP contribution in [0.25, 0.3) is 0 Å². The SMILES string of the molecule is O=C(O)C(=O)c1cn[nH]c1C(F)(F)F. The zero-order valence-corrected chi connectivity index (χ0v) is 6.42. The van der Waals surface area contributed by atoms with Crippen LogP contribution in [-0.2, 0) is 11.0 Å². The molecule has 8 heteroatoms. The van der Waals surface area contributed by atoms with Crippen LogP contribution in [0.1, 0.15) is 16.1 Å². The zero-order chi connectivity index (χ0) is 10.9. The lowest BCUT2D eigenvalue weighted by atomic mass is 10.1. The van der Waals surface area contributed by atoms with Crippen molar-refractivity contribution in [2.24, 2.45) is 0 Å². The van der Waals surface area contributed by atoms with Gasteiger partial charge in [-0.1, -0.05) is 0 Å². The van der Waals surface area contributed by atoms with E-state index < -0.39 is 29.2 Å². The van der Waals surface area contributed by atoms with Gasteiger partial charge in [-0.2, -0.15) is 18.3 Å². The van der Waals surface area contributed by atoms with E-state index in [4.69, 9.17) is 5.11 Å². The summed E-state index contributed by atoms with van der Waals surface area (Å²) in [4.78, 5) is 20.8. The normalized spacial score (nSPS) is 11.4. The fraction of sp³-hybridized carbons (Fsp3) is 0.167. The van der Waals surface area contributed by atoms with Gasteiger partial charge in [0.1, 0.15) is 0 Å². The van der Waals surface area contributed by atoms with Crippen LogP contribution < -0.4 is 0 Å². The van der Waals surface area contributed by atoms with Gasteiger partial charge >= 0.3 is 12.1 Å². The molecule has 1 rings (SSSR count). The van der Waals surface area contributed by atoms with Crippen LogP contribution in [0.5, 0.6) is 0 Å². The molecule has 0 aromatic carbocycles. The number of nitrogens with one attached hydrogen (secondary N) is 1. The molecule has 0 aliphatic heterocycles. The van der Waals surface area contributed by atoms with Gasteiger partial charge in [0.05, 0.1) is 11.8 Å². The Morgan fingerprint density at radius 1 is 1.43 bits per heavy atom. The number of aromatic nitrogens is 2. The summed E-state index contributed by atoms with van der Waals surface area (Å²) in [5.41, 5.74) is -2.45. The van der Waals surface area contributed by atoms with Gasteiger partial charge in [-0.05, 0) is 0 Å². The van der Waals surface area contributed by atoms with Crippen LogP contribution >= 0.6 is 0 Å². The molecule has 0 saturated carbocycles. The van der Waals surface area contributed by atoms with Gasteiger partial charge in [-0.15, -0.1) is 0 Å². The Balaban J connectivity index is 3.18. The van der Waals surface area contributed by atoms with E-state index in [2.05, 4.69) is 5.10 Å². The molecule has 0 aliphatic carbocycles. The van der Waals surface area contributed by atoms with Crippen molar-refractivity contribution < 1.29 is 27.9 Å². The largest absolute Gasteiger partial charge is 0.475 e. The summed E-state index contributed by atoms with van der Waals surface area (Å²) in [7, 11) is 0. The average Bonchev–Trinajstić information content (AvgIpc) is 2.48. The molecule has 2 N–H and O–H groups in total. The number of rotatable bonds is 2. The first-order valence-electron chi connectivity index (χ1n) is 3.22. The number of carboxylic acid groups (broad SMARTS) is 1. The Kier molecular flexibility index (Phi) is 2.28. The van der Waals surface area contributed by atoms with Gasteiger partial charge in [0.2, 0.25) is 0 Å². The third-order valence-electron chi connectivity index (χ3n) is 1.36. The third-order valence-corrected chi connectivity index (χ3v) is 1.36. The first-order valence-corrected chi connectivity index (χ1v) is 3.22. The molecular weight excluding hydrogens is 205 g/mol. The second-order valence-corrected chi connectivity index (χ2v) is 2.29. The van der Waals surface area contributed by atoms with E-state index in [-0.39, 0.29) is 0 Å². The number of H-pyrrole nitrogens is 1. The highest BCUT2D eigenvalue weighted by Gasteiger charge is 2.38. The third kappa shape index (κ3) is 1.73. The predicted molar refractivity (Wildman–Crippen MR) is 35.6 cm³/mol. The van der Waals surface area contributed by atoms with Gasteiger partial charge in [-0.25, -0.2) is 4.79 Å². The number of Topliss-reactive ketones (excluding diaryl/α,β-unsaturated/α-hetero) is 1. The molecule has 0 spiro atoms. The number of hydrogen-bond donors (Lipinski definition) is 2. The summed E-state index contributed by atoms with van der Waals surface area (Å²) in [5, 5.41) is 12.7. The van der Waals surface area contributed by atoms with Crippen molar-refractivity contribution >= 4 is 11.8 Å².